The molecule has 4 nitrogen and oxygen atoms in total. The van der Waals surface area contributed by atoms with Gasteiger partial charge in [0.05, 0.1) is 19.1 Å². The molecule has 0 rings (SSSR count). The molecule has 0 saturated carbocycles. The fourth-order valence-corrected chi connectivity index (χ4v) is 2.50. The van der Waals surface area contributed by atoms with Gasteiger partial charge in [0.1, 0.15) is 6.79 Å². The Kier molecular flexibility index (Phi) is 16.3. The first-order valence-corrected chi connectivity index (χ1v) is 9.00. The van der Waals surface area contributed by atoms with E-state index in [1.54, 1.807) is 7.11 Å². The Balaban J connectivity index is 3.63. The van der Waals surface area contributed by atoms with E-state index in [0.29, 0.717) is 13.0 Å². The van der Waals surface area contributed by atoms with Crippen LogP contribution in [0.4, 0.5) is 0 Å². The molecule has 132 valence electrons. The van der Waals surface area contributed by atoms with Crippen LogP contribution >= 0.6 is 0 Å². The SMILES string of the molecule is CCCCCCCCCCC[C@@H](CC(=O)OCC)OCOC. The van der Waals surface area contributed by atoms with Gasteiger partial charge in [0.15, 0.2) is 0 Å². The van der Waals surface area contributed by atoms with Crippen LogP contribution in [0.1, 0.15) is 84.5 Å². The average Bonchev–Trinajstić information content (AvgIpc) is 2.51. The van der Waals surface area contributed by atoms with Crippen molar-refractivity contribution in [3.05, 3.63) is 0 Å². The molecule has 0 saturated heterocycles. The number of unbranched alkanes of at least 4 members (excludes halogenated alkanes) is 8. The van der Waals surface area contributed by atoms with E-state index in [2.05, 4.69) is 6.92 Å². The molecule has 0 aromatic carbocycles. The van der Waals surface area contributed by atoms with Gasteiger partial charge >= 0.3 is 5.97 Å². The molecule has 0 aliphatic heterocycles. The van der Waals surface area contributed by atoms with E-state index in [4.69, 9.17) is 14.2 Å². The van der Waals surface area contributed by atoms with Crippen LogP contribution in [0.25, 0.3) is 0 Å². The summed E-state index contributed by atoms with van der Waals surface area (Å²) in [6, 6.07) is 0. The third kappa shape index (κ3) is 14.3. The first-order valence-electron chi connectivity index (χ1n) is 9.00. The minimum Gasteiger partial charge on any atom is -0.466 e. The van der Waals surface area contributed by atoms with Crippen molar-refractivity contribution in [1.29, 1.82) is 0 Å². The molecule has 0 aliphatic rings. The van der Waals surface area contributed by atoms with E-state index >= 15 is 0 Å². The second-order valence-corrected chi connectivity index (χ2v) is 5.82. The Morgan fingerprint density at radius 2 is 1.50 bits per heavy atom. The highest BCUT2D eigenvalue weighted by molar-refractivity contribution is 5.69. The Hall–Kier alpha value is -0.610. The standard InChI is InChI=1S/C18H36O4/c1-4-6-7-8-9-10-11-12-13-14-17(22-16-20-3)15-18(19)21-5-2/h17H,4-16H2,1-3H3/t17-/m0/s1. The maximum Gasteiger partial charge on any atom is 0.308 e. The molecule has 0 N–H and O–H groups in total. The van der Waals surface area contributed by atoms with E-state index in [1.165, 1.54) is 51.4 Å². The van der Waals surface area contributed by atoms with Gasteiger partial charge in [0, 0.05) is 7.11 Å². The van der Waals surface area contributed by atoms with E-state index < -0.39 is 0 Å². The topological polar surface area (TPSA) is 44.8 Å². The van der Waals surface area contributed by atoms with Crippen LogP contribution in [0.15, 0.2) is 0 Å². The van der Waals surface area contributed by atoms with Crippen molar-refractivity contribution >= 4 is 5.97 Å². The second-order valence-electron chi connectivity index (χ2n) is 5.82. The zero-order valence-electron chi connectivity index (χ0n) is 14.9. The number of rotatable bonds is 16. The number of hydrogen-bond donors (Lipinski definition) is 0. The maximum atomic E-state index is 11.5. The third-order valence-electron chi connectivity index (χ3n) is 3.75. The quantitative estimate of drug-likeness (QED) is 0.232. The van der Waals surface area contributed by atoms with Crippen molar-refractivity contribution in [3.63, 3.8) is 0 Å². The van der Waals surface area contributed by atoms with Gasteiger partial charge in [-0.1, -0.05) is 64.7 Å². The number of carbonyl (C=O) groups is 1. The predicted molar refractivity (Wildman–Crippen MR) is 89.8 cm³/mol. The lowest BCUT2D eigenvalue weighted by atomic mass is 10.0. The highest BCUT2D eigenvalue weighted by Gasteiger charge is 2.15. The Morgan fingerprint density at radius 3 is 2.05 bits per heavy atom. The third-order valence-corrected chi connectivity index (χ3v) is 3.75. The summed E-state index contributed by atoms with van der Waals surface area (Å²) in [5.74, 6) is -0.181. The zero-order chi connectivity index (χ0) is 16.5. The zero-order valence-corrected chi connectivity index (χ0v) is 14.9. The van der Waals surface area contributed by atoms with Crippen LogP contribution in [0, 0.1) is 0 Å². The lowest BCUT2D eigenvalue weighted by molar-refractivity contribution is -0.149. The van der Waals surface area contributed by atoms with Crippen molar-refractivity contribution in [2.75, 3.05) is 20.5 Å². The Bertz CT molecular complexity index is 243. The highest BCUT2D eigenvalue weighted by atomic mass is 16.7. The van der Waals surface area contributed by atoms with Crippen LogP contribution in [0.2, 0.25) is 0 Å². The molecular formula is C18H36O4. The number of ether oxygens (including phenoxy) is 3. The molecule has 0 radical (unpaired) electrons. The van der Waals surface area contributed by atoms with Gasteiger partial charge in [-0.3, -0.25) is 4.79 Å². The first-order chi connectivity index (χ1) is 10.7. The van der Waals surface area contributed by atoms with E-state index in [1.807, 2.05) is 6.92 Å². The summed E-state index contributed by atoms with van der Waals surface area (Å²) in [5.41, 5.74) is 0. The first kappa shape index (κ1) is 21.4. The summed E-state index contributed by atoms with van der Waals surface area (Å²) < 4.78 is 15.5. The Labute approximate surface area is 136 Å². The summed E-state index contributed by atoms with van der Waals surface area (Å²) >= 11 is 0. The maximum absolute atomic E-state index is 11.5. The molecule has 1 atom stereocenters. The van der Waals surface area contributed by atoms with Crippen molar-refractivity contribution in [2.24, 2.45) is 0 Å². The lowest BCUT2D eigenvalue weighted by Gasteiger charge is -2.16. The van der Waals surface area contributed by atoms with Crippen molar-refractivity contribution < 1.29 is 19.0 Å². The average molecular weight is 316 g/mol. The fourth-order valence-electron chi connectivity index (χ4n) is 2.50. The van der Waals surface area contributed by atoms with Crippen molar-refractivity contribution in [3.8, 4) is 0 Å². The molecule has 0 bridgehead atoms. The van der Waals surface area contributed by atoms with Crippen LogP contribution in [0.5, 0.6) is 0 Å². The normalized spacial score (nSPS) is 12.3. The van der Waals surface area contributed by atoms with Gasteiger partial charge in [0.2, 0.25) is 0 Å². The molecule has 0 amide bonds. The molecular weight excluding hydrogens is 280 g/mol. The molecule has 4 heteroatoms. The number of carbonyl (C=O) groups excluding carboxylic acids is 1. The van der Waals surface area contributed by atoms with Gasteiger partial charge in [-0.15, -0.1) is 0 Å². The van der Waals surface area contributed by atoms with Crippen molar-refractivity contribution in [2.45, 2.75) is 90.6 Å². The second kappa shape index (κ2) is 16.8. The monoisotopic (exact) mass is 316 g/mol. The van der Waals surface area contributed by atoms with Gasteiger partial charge in [-0.05, 0) is 13.3 Å². The molecule has 0 spiro atoms. The van der Waals surface area contributed by atoms with Crippen LogP contribution < -0.4 is 0 Å². The number of hydrogen-bond acceptors (Lipinski definition) is 4. The van der Waals surface area contributed by atoms with E-state index in [0.717, 1.165) is 12.8 Å². The molecule has 0 unspecified atom stereocenters. The minimum atomic E-state index is -0.181. The summed E-state index contributed by atoms with van der Waals surface area (Å²) in [5, 5.41) is 0. The lowest BCUT2D eigenvalue weighted by Crippen LogP contribution is -2.20. The molecule has 0 aromatic heterocycles. The van der Waals surface area contributed by atoms with Gasteiger partial charge in [-0.25, -0.2) is 0 Å². The molecule has 0 fully saturated rings. The Morgan fingerprint density at radius 1 is 0.909 bits per heavy atom. The van der Waals surface area contributed by atoms with E-state index in [9.17, 15) is 4.79 Å². The number of esters is 1. The summed E-state index contributed by atoms with van der Waals surface area (Å²) in [7, 11) is 1.60. The van der Waals surface area contributed by atoms with Crippen molar-refractivity contribution in [1.82, 2.24) is 0 Å². The van der Waals surface area contributed by atoms with Gasteiger partial charge in [0.25, 0.3) is 0 Å². The molecule has 22 heavy (non-hydrogen) atoms. The van der Waals surface area contributed by atoms with Crippen LogP contribution in [-0.2, 0) is 19.0 Å². The molecule has 0 aromatic rings. The largest absolute Gasteiger partial charge is 0.466 e. The minimum absolute atomic E-state index is 0.0800. The summed E-state index contributed by atoms with van der Waals surface area (Å²) in [6.07, 6.45) is 12.8. The molecule has 0 aliphatic carbocycles. The van der Waals surface area contributed by atoms with E-state index in [-0.39, 0.29) is 18.9 Å². The summed E-state index contributed by atoms with van der Waals surface area (Å²) in [4.78, 5) is 11.5. The van der Waals surface area contributed by atoms with Crippen LogP contribution in [-0.4, -0.2) is 32.6 Å². The fraction of sp³-hybridized carbons (Fsp3) is 0.944. The highest BCUT2D eigenvalue weighted by Crippen LogP contribution is 2.14. The smallest absolute Gasteiger partial charge is 0.308 e. The predicted octanol–water partition coefficient (Wildman–Crippen LogP) is 4.85. The van der Waals surface area contributed by atoms with Gasteiger partial charge < -0.3 is 14.2 Å². The molecule has 0 heterocycles. The number of methoxy groups -OCH3 is 1. The van der Waals surface area contributed by atoms with Gasteiger partial charge in [-0.2, -0.15) is 0 Å². The van der Waals surface area contributed by atoms with Crippen LogP contribution in [0.3, 0.4) is 0 Å². The summed E-state index contributed by atoms with van der Waals surface area (Å²) in [6.45, 7) is 4.73.